The van der Waals surface area contributed by atoms with Crippen LogP contribution in [0.5, 0.6) is 5.88 Å². The van der Waals surface area contributed by atoms with Crippen LogP contribution in [0.3, 0.4) is 0 Å². The topological polar surface area (TPSA) is 102 Å². The third kappa shape index (κ3) is 5.80. The molecular weight excluding hydrogens is 527 g/mol. The number of rotatable bonds is 6. The first-order valence-electron chi connectivity index (χ1n) is 14.4. The fourth-order valence-electron chi connectivity index (χ4n) is 5.50. The number of pyridine rings is 1. The molecule has 1 unspecified atom stereocenters. The van der Waals surface area contributed by atoms with Crippen molar-refractivity contribution in [3.63, 3.8) is 0 Å². The van der Waals surface area contributed by atoms with E-state index in [0.717, 1.165) is 23.9 Å². The molecule has 2 atom stereocenters. The van der Waals surface area contributed by atoms with Crippen LogP contribution in [0.4, 0.5) is 14.9 Å². The summed E-state index contributed by atoms with van der Waals surface area (Å²) in [5.74, 6) is 0.177. The van der Waals surface area contributed by atoms with Crippen molar-refractivity contribution in [3.05, 3.63) is 36.4 Å². The van der Waals surface area contributed by atoms with Gasteiger partial charge in [-0.2, -0.15) is 0 Å². The van der Waals surface area contributed by atoms with Gasteiger partial charge in [-0.3, -0.25) is 4.79 Å². The molecule has 4 heterocycles. The summed E-state index contributed by atoms with van der Waals surface area (Å²) >= 11 is 0. The molecule has 0 spiro atoms. The molecule has 1 aliphatic carbocycles. The third-order valence-corrected chi connectivity index (χ3v) is 7.95. The Kier molecular flexibility index (Phi) is 6.99. The number of nitrogens with one attached hydrogen (secondary N) is 1. The van der Waals surface area contributed by atoms with E-state index in [-0.39, 0.29) is 29.8 Å². The number of nitrogens with zero attached hydrogens (tertiary/aromatic N) is 5. The van der Waals surface area contributed by atoms with Gasteiger partial charge in [0.15, 0.2) is 0 Å². The minimum Gasteiger partial charge on any atom is -0.473 e. The summed E-state index contributed by atoms with van der Waals surface area (Å²) in [6.07, 6.45) is 3.84. The summed E-state index contributed by atoms with van der Waals surface area (Å²) in [4.78, 5) is 37.3. The zero-order chi connectivity index (χ0) is 28.9. The highest BCUT2D eigenvalue weighted by atomic mass is 19.1. The zero-order valence-electron chi connectivity index (χ0n) is 24.0. The van der Waals surface area contributed by atoms with Gasteiger partial charge in [-0.1, -0.05) is 6.07 Å². The van der Waals surface area contributed by atoms with Gasteiger partial charge in [0.1, 0.15) is 23.0 Å². The Bertz CT molecular complexity index is 1470. The van der Waals surface area contributed by atoms with Gasteiger partial charge in [-0.05, 0) is 58.7 Å². The molecule has 1 N–H and O–H groups in total. The number of fused-ring (bicyclic) bond motifs is 1. The molecule has 2 aromatic heterocycles. The molecule has 1 aromatic carbocycles. The lowest BCUT2D eigenvalue weighted by molar-refractivity contribution is -0.119. The summed E-state index contributed by atoms with van der Waals surface area (Å²) in [6, 6.07) is 7.38. The molecule has 41 heavy (non-hydrogen) atoms. The van der Waals surface area contributed by atoms with Crippen molar-refractivity contribution < 1.29 is 23.5 Å². The van der Waals surface area contributed by atoms with E-state index in [9.17, 15) is 9.59 Å². The van der Waals surface area contributed by atoms with Crippen molar-refractivity contribution in [2.45, 2.75) is 64.7 Å². The summed E-state index contributed by atoms with van der Waals surface area (Å²) < 4.78 is 29.5. The van der Waals surface area contributed by atoms with Crippen LogP contribution in [0.15, 0.2) is 30.6 Å². The molecule has 2 amide bonds. The van der Waals surface area contributed by atoms with Crippen LogP contribution >= 0.6 is 0 Å². The molecule has 2 saturated heterocycles. The van der Waals surface area contributed by atoms with Gasteiger partial charge in [0.2, 0.25) is 11.8 Å². The first-order valence-corrected chi connectivity index (χ1v) is 14.4. The highest BCUT2D eigenvalue weighted by Gasteiger charge is 2.32. The predicted molar refractivity (Wildman–Crippen MR) is 152 cm³/mol. The van der Waals surface area contributed by atoms with Crippen LogP contribution in [-0.2, 0) is 9.53 Å². The number of benzene rings is 1. The molecule has 218 valence electrons. The molecule has 0 radical (unpaired) electrons. The number of hydrogen-bond donors (Lipinski definition) is 1. The van der Waals surface area contributed by atoms with Gasteiger partial charge in [-0.15, -0.1) is 0 Å². The van der Waals surface area contributed by atoms with Crippen molar-refractivity contribution in [1.82, 2.24) is 24.8 Å². The van der Waals surface area contributed by atoms with E-state index in [4.69, 9.17) is 14.5 Å². The molecule has 11 heteroatoms. The molecule has 3 aromatic rings. The van der Waals surface area contributed by atoms with Crippen LogP contribution in [0.25, 0.3) is 22.3 Å². The van der Waals surface area contributed by atoms with Gasteiger partial charge in [0, 0.05) is 56.7 Å². The van der Waals surface area contributed by atoms with Gasteiger partial charge < -0.3 is 29.2 Å². The second-order valence-corrected chi connectivity index (χ2v) is 12.3. The lowest BCUT2D eigenvalue weighted by atomic mass is 10.0. The zero-order valence-corrected chi connectivity index (χ0v) is 24.0. The Morgan fingerprint density at radius 2 is 1.90 bits per heavy atom. The highest BCUT2D eigenvalue weighted by Crippen LogP contribution is 2.40. The number of hydrogen-bond acceptors (Lipinski definition) is 7. The van der Waals surface area contributed by atoms with Gasteiger partial charge in [0.05, 0.1) is 23.2 Å². The van der Waals surface area contributed by atoms with Gasteiger partial charge >= 0.3 is 6.09 Å². The second-order valence-electron chi connectivity index (χ2n) is 12.3. The third-order valence-electron chi connectivity index (χ3n) is 7.95. The van der Waals surface area contributed by atoms with Crippen molar-refractivity contribution in [1.29, 1.82) is 0 Å². The minimum atomic E-state index is -0.557. The van der Waals surface area contributed by atoms with E-state index >= 15 is 4.39 Å². The maximum atomic E-state index is 15.5. The van der Waals surface area contributed by atoms with Crippen LogP contribution < -0.4 is 15.0 Å². The Morgan fingerprint density at radius 3 is 2.54 bits per heavy atom. The number of anilines is 1. The fourth-order valence-corrected chi connectivity index (χ4v) is 5.50. The number of amides is 2. The Hall–Kier alpha value is -3.89. The van der Waals surface area contributed by atoms with Crippen LogP contribution in [0, 0.1) is 11.7 Å². The summed E-state index contributed by atoms with van der Waals surface area (Å²) in [5.41, 5.74) is 2.70. The normalized spacial score (nSPS) is 20.3. The van der Waals surface area contributed by atoms with Crippen LogP contribution in [-0.4, -0.2) is 75.9 Å². The van der Waals surface area contributed by atoms with Gasteiger partial charge in [-0.25, -0.2) is 19.2 Å². The first kappa shape index (κ1) is 27.3. The molecule has 2 aliphatic heterocycles. The number of carbonyl (C=O) groups is 2. The van der Waals surface area contributed by atoms with Crippen molar-refractivity contribution >= 4 is 28.7 Å². The Balaban J connectivity index is 1.23. The smallest absolute Gasteiger partial charge is 0.410 e. The van der Waals surface area contributed by atoms with E-state index in [0.29, 0.717) is 68.0 Å². The van der Waals surface area contributed by atoms with E-state index in [1.165, 1.54) is 6.07 Å². The lowest BCUT2D eigenvalue weighted by Gasteiger charge is -2.36. The number of carbonyl (C=O) groups excluding carboxylic acids is 2. The van der Waals surface area contributed by atoms with Crippen LogP contribution in [0.1, 0.15) is 53.0 Å². The molecule has 10 nitrogen and oxygen atoms in total. The average molecular weight is 565 g/mol. The lowest BCUT2D eigenvalue weighted by Crippen LogP contribution is -2.50. The van der Waals surface area contributed by atoms with Crippen molar-refractivity contribution in [2.75, 3.05) is 37.6 Å². The Labute approximate surface area is 238 Å². The summed E-state index contributed by atoms with van der Waals surface area (Å²) in [6.45, 7) is 9.98. The predicted octanol–water partition coefficient (Wildman–Crippen LogP) is 4.53. The van der Waals surface area contributed by atoms with E-state index in [2.05, 4.69) is 14.9 Å². The largest absolute Gasteiger partial charge is 0.473 e. The number of aromatic nitrogens is 3. The van der Waals surface area contributed by atoms with E-state index in [1.807, 2.05) is 51.1 Å². The molecule has 1 saturated carbocycles. The number of piperazine rings is 1. The van der Waals surface area contributed by atoms with E-state index < -0.39 is 5.60 Å². The quantitative estimate of drug-likeness (QED) is 0.469. The molecule has 3 aliphatic rings. The first-order chi connectivity index (χ1) is 19.6. The SMILES string of the molecule is CC(Oc1nc(-c2ccc(N3CCN(C(=O)OC(C)(C)C)CC3)c(F)c2)cc2ncn(C3CC3)c12)[C@H]1CNC(=O)C1. The minimum absolute atomic E-state index is 0.0298. The number of imidazole rings is 1. The standard InChI is InChI=1S/C30H37FN6O4/c1-18(20-14-26(38)32-16-20)40-28-27-24(33-17-37(27)21-6-7-21)15-23(34-28)19-5-8-25(22(31)13-19)35-9-11-36(12-10-35)29(39)41-30(2,3)4/h5,8,13,15,17-18,20-21H,6-7,9-12,14,16H2,1-4H3,(H,32,38)/t18?,20-/m1/s1. The van der Waals surface area contributed by atoms with Crippen molar-refractivity contribution in [3.8, 4) is 17.1 Å². The maximum absolute atomic E-state index is 15.5. The highest BCUT2D eigenvalue weighted by molar-refractivity contribution is 5.85. The summed E-state index contributed by atoms with van der Waals surface area (Å²) in [5, 5.41) is 2.87. The molecule has 6 rings (SSSR count). The average Bonchev–Trinajstić information content (AvgIpc) is 3.52. The number of halogens is 1. The fraction of sp³-hybridized carbons (Fsp3) is 0.533. The van der Waals surface area contributed by atoms with E-state index in [1.54, 1.807) is 11.0 Å². The number of ether oxygens (including phenoxy) is 2. The molecule has 3 fully saturated rings. The Morgan fingerprint density at radius 1 is 1.15 bits per heavy atom. The van der Waals surface area contributed by atoms with Crippen LogP contribution in [0.2, 0.25) is 0 Å². The monoisotopic (exact) mass is 564 g/mol. The second kappa shape index (κ2) is 10.5. The maximum Gasteiger partial charge on any atom is 0.410 e. The molecular formula is C30H37FN6O4. The summed E-state index contributed by atoms with van der Waals surface area (Å²) in [7, 11) is 0. The molecule has 0 bridgehead atoms. The van der Waals surface area contributed by atoms with Crippen molar-refractivity contribution in [2.24, 2.45) is 5.92 Å². The van der Waals surface area contributed by atoms with Gasteiger partial charge in [0.25, 0.3) is 0 Å².